The van der Waals surface area contributed by atoms with Gasteiger partial charge in [-0.05, 0) is 44.7 Å². The van der Waals surface area contributed by atoms with Gasteiger partial charge in [-0.3, -0.25) is 4.79 Å². The second-order valence-corrected chi connectivity index (χ2v) is 8.47. The molecule has 0 radical (unpaired) electrons. The number of pyridine rings is 2. The molecule has 3 heterocycles. The van der Waals surface area contributed by atoms with Gasteiger partial charge in [-0.2, -0.15) is 0 Å². The highest BCUT2D eigenvalue weighted by Crippen LogP contribution is 2.41. The van der Waals surface area contributed by atoms with Gasteiger partial charge in [0.15, 0.2) is 17.1 Å². The molecular weight excluding hydrogens is 432 g/mol. The van der Waals surface area contributed by atoms with Crippen molar-refractivity contribution in [2.24, 2.45) is 0 Å². The van der Waals surface area contributed by atoms with Crippen LogP contribution in [0.2, 0.25) is 0 Å². The number of carbonyl (C=O) groups is 1. The highest BCUT2D eigenvalue weighted by atomic mass is 16.5. The molecule has 1 aliphatic heterocycles. The number of amides is 1. The van der Waals surface area contributed by atoms with Gasteiger partial charge in [0.1, 0.15) is 0 Å². The van der Waals surface area contributed by atoms with Crippen LogP contribution in [0.25, 0.3) is 11.0 Å². The largest absolute Gasteiger partial charge is 0.493 e. The quantitative estimate of drug-likeness (QED) is 0.520. The average Bonchev–Trinajstić information content (AvgIpc) is 2.87. The van der Waals surface area contributed by atoms with E-state index in [0.717, 1.165) is 43.3 Å². The third-order valence-corrected chi connectivity index (χ3v) is 6.39. The minimum Gasteiger partial charge on any atom is -0.493 e. The van der Waals surface area contributed by atoms with Crippen molar-refractivity contribution in [3.8, 4) is 17.2 Å². The van der Waals surface area contributed by atoms with E-state index in [-0.39, 0.29) is 11.9 Å². The number of aryl methyl sites for hydroxylation is 1. The summed E-state index contributed by atoms with van der Waals surface area (Å²) in [4.78, 5) is 24.9. The molecule has 1 amide bonds. The van der Waals surface area contributed by atoms with Crippen LogP contribution in [-0.4, -0.2) is 54.7 Å². The second-order valence-electron chi connectivity index (χ2n) is 8.47. The topological polar surface area (TPSA) is 85.8 Å². The Hall–Kier alpha value is -3.55. The number of fused-ring (bicyclic) bond motifs is 1. The van der Waals surface area contributed by atoms with E-state index in [1.807, 2.05) is 36.1 Å². The molecule has 0 aliphatic carbocycles. The summed E-state index contributed by atoms with van der Waals surface area (Å²) in [5.41, 5.74) is 3.32. The summed E-state index contributed by atoms with van der Waals surface area (Å²) in [6, 6.07) is 7.75. The number of aromatic nitrogens is 2. The third kappa shape index (κ3) is 4.44. The van der Waals surface area contributed by atoms with Gasteiger partial charge in [-0.15, -0.1) is 0 Å². The molecular formula is C26H32N4O4. The lowest BCUT2D eigenvalue weighted by Crippen LogP contribution is -2.43. The molecule has 8 nitrogen and oxygen atoms in total. The Kier molecular flexibility index (Phi) is 7.05. The zero-order valence-electron chi connectivity index (χ0n) is 20.5. The molecule has 0 saturated carbocycles. The first kappa shape index (κ1) is 23.6. The van der Waals surface area contributed by atoms with Crippen LogP contribution in [0.1, 0.15) is 48.7 Å². The van der Waals surface area contributed by atoms with Gasteiger partial charge < -0.3 is 24.4 Å². The van der Waals surface area contributed by atoms with E-state index in [4.69, 9.17) is 14.2 Å². The first-order valence-electron chi connectivity index (χ1n) is 11.6. The fourth-order valence-corrected chi connectivity index (χ4v) is 4.61. The minimum absolute atomic E-state index is 0.0172. The Morgan fingerprint density at radius 2 is 1.85 bits per heavy atom. The maximum absolute atomic E-state index is 13.8. The van der Waals surface area contributed by atoms with Crippen molar-refractivity contribution in [2.45, 2.75) is 45.6 Å². The Bertz CT molecular complexity index is 1170. The summed E-state index contributed by atoms with van der Waals surface area (Å²) < 4.78 is 16.5. The number of anilines is 2. The Morgan fingerprint density at radius 3 is 2.50 bits per heavy atom. The van der Waals surface area contributed by atoms with Crippen molar-refractivity contribution < 1.29 is 19.0 Å². The molecule has 0 unspecified atom stereocenters. The molecule has 8 heteroatoms. The van der Waals surface area contributed by atoms with Gasteiger partial charge >= 0.3 is 0 Å². The van der Waals surface area contributed by atoms with E-state index in [1.165, 1.54) is 0 Å². The Morgan fingerprint density at radius 1 is 1.12 bits per heavy atom. The molecule has 2 aromatic heterocycles. The zero-order chi connectivity index (χ0) is 24.2. The minimum atomic E-state index is -0.0172. The van der Waals surface area contributed by atoms with E-state index < -0.39 is 0 Å². The summed E-state index contributed by atoms with van der Waals surface area (Å²) in [7, 11) is 4.72. The number of nitrogens with zero attached hydrogens (tertiary/aromatic N) is 3. The van der Waals surface area contributed by atoms with E-state index in [0.29, 0.717) is 39.8 Å². The molecule has 180 valence electrons. The number of likely N-dealkylation sites (tertiary alicyclic amines) is 1. The van der Waals surface area contributed by atoms with Crippen LogP contribution >= 0.6 is 0 Å². The van der Waals surface area contributed by atoms with Gasteiger partial charge in [-0.25, -0.2) is 9.97 Å². The van der Waals surface area contributed by atoms with E-state index in [2.05, 4.69) is 22.2 Å². The van der Waals surface area contributed by atoms with Crippen molar-refractivity contribution in [1.82, 2.24) is 14.9 Å². The summed E-state index contributed by atoms with van der Waals surface area (Å²) in [5.74, 6) is 1.53. The van der Waals surface area contributed by atoms with Gasteiger partial charge in [-0.1, -0.05) is 6.92 Å². The van der Waals surface area contributed by atoms with Gasteiger partial charge in [0.05, 0.1) is 32.6 Å². The molecule has 4 rings (SSSR count). The number of hydrogen-bond acceptors (Lipinski definition) is 7. The fourth-order valence-electron chi connectivity index (χ4n) is 4.61. The van der Waals surface area contributed by atoms with Crippen LogP contribution in [0.15, 0.2) is 30.5 Å². The summed E-state index contributed by atoms with van der Waals surface area (Å²) >= 11 is 0. The van der Waals surface area contributed by atoms with Crippen molar-refractivity contribution in [1.29, 1.82) is 0 Å². The zero-order valence-corrected chi connectivity index (χ0v) is 20.5. The number of carbonyl (C=O) groups excluding carboxylic acids is 1. The molecule has 0 bridgehead atoms. The van der Waals surface area contributed by atoms with Crippen molar-refractivity contribution in [3.63, 3.8) is 0 Å². The van der Waals surface area contributed by atoms with Crippen LogP contribution in [-0.2, 0) is 0 Å². The standard InChI is InChI=1S/C26H32N4O4/c1-6-18-9-7-8-12-30(18)26(31)20-15-27-25-19(11-10-16(2)28-25)23(20)29-17-13-21(32-3)24(34-5)22(14-17)33-4/h10-11,13-15,18H,6-9,12H2,1-5H3,(H,27,28,29)/t18-/m0/s1. The predicted molar refractivity (Wildman–Crippen MR) is 133 cm³/mol. The summed E-state index contributed by atoms with van der Waals surface area (Å²) in [5, 5.41) is 4.22. The number of piperidine rings is 1. The monoisotopic (exact) mass is 464 g/mol. The molecule has 1 atom stereocenters. The molecule has 1 aliphatic rings. The second kappa shape index (κ2) is 10.2. The van der Waals surface area contributed by atoms with Crippen LogP contribution in [0.5, 0.6) is 17.2 Å². The maximum atomic E-state index is 13.8. The van der Waals surface area contributed by atoms with Crippen LogP contribution < -0.4 is 19.5 Å². The first-order valence-corrected chi connectivity index (χ1v) is 11.6. The van der Waals surface area contributed by atoms with Crippen LogP contribution in [0, 0.1) is 6.92 Å². The van der Waals surface area contributed by atoms with Gasteiger partial charge in [0.25, 0.3) is 5.91 Å². The van der Waals surface area contributed by atoms with Crippen molar-refractivity contribution in [2.75, 3.05) is 33.2 Å². The smallest absolute Gasteiger partial charge is 0.257 e. The maximum Gasteiger partial charge on any atom is 0.257 e. The van der Waals surface area contributed by atoms with Crippen LogP contribution in [0.4, 0.5) is 11.4 Å². The number of rotatable bonds is 7. The lowest BCUT2D eigenvalue weighted by atomic mass is 9.98. The summed E-state index contributed by atoms with van der Waals surface area (Å²) in [6.07, 6.45) is 5.76. The lowest BCUT2D eigenvalue weighted by molar-refractivity contribution is 0.0609. The Balaban J connectivity index is 1.84. The molecule has 1 aromatic carbocycles. The number of nitrogens with one attached hydrogen (secondary N) is 1. The van der Waals surface area contributed by atoms with Crippen molar-refractivity contribution >= 4 is 28.3 Å². The highest BCUT2D eigenvalue weighted by molar-refractivity contribution is 6.07. The normalized spacial score (nSPS) is 15.8. The highest BCUT2D eigenvalue weighted by Gasteiger charge is 2.29. The Labute approximate surface area is 200 Å². The first-order chi connectivity index (χ1) is 16.5. The predicted octanol–water partition coefficient (Wildman–Crippen LogP) is 5.11. The lowest BCUT2D eigenvalue weighted by Gasteiger charge is -2.35. The van der Waals surface area contributed by atoms with Crippen LogP contribution in [0.3, 0.4) is 0 Å². The number of hydrogen-bond donors (Lipinski definition) is 1. The third-order valence-electron chi connectivity index (χ3n) is 6.39. The number of benzene rings is 1. The number of ether oxygens (including phenoxy) is 3. The molecule has 34 heavy (non-hydrogen) atoms. The van der Waals surface area contributed by atoms with E-state index in [9.17, 15) is 4.79 Å². The molecule has 1 N–H and O–H groups in total. The van der Waals surface area contributed by atoms with Gasteiger partial charge in [0, 0.05) is 47.7 Å². The van der Waals surface area contributed by atoms with E-state index >= 15 is 0 Å². The molecule has 1 fully saturated rings. The van der Waals surface area contributed by atoms with Gasteiger partial charge in [0.2, 0.25) is 5.75 Å². The number of methoxy groups -OCH3 is 3. The summed E-state index contributed by atoms with van der Waals surface area (Å²) in [6.45, 7) is 4.81. The average molecular weight is 465 g/mol. The van der Waals surface area contributed by atoms with E-state index in [1.54, 1.807) is 27.5 Å². The molecule has 1 saturated heterocycles. The molecule has 0 spiro atoms. The SMILES string of the molecule is CC[C@H]1CCCCN1C(=O)c1cnc2nc(C)ccc2c1Nc1cc(OC)c(OC)c(OC)c1. The fraction of sp³-hybridized carbons (Fsp3) is 0.423. The van der Waals surface area contributed by atoms with Crippen molar-refractivity contribution in [3.05, 3.63) is 41.7 Å². The molecule has 3 aromatic rings.